The van der Waals surface area contributed by atoms with E-state index in [9.17, 15) is 19.2 Å². The summed E-state index contributed by atoms with van der Waals surface area (Å²) in [5.74, 6) is -3.11. The van der Waals surface area contributed by atoms with Gasteiger partial charge in [-0.05, 0) is 11.6 Å². The van der Waals surface area contributed by atoms with E-state index in [4.69, 9.17) is 63.2 Å². The Balaban J connectivity index is 3.31. The minimum atomic E-state index is -1.50. The van der Waals surface area contributed by atoms with Crippen molar-refractivity contribution in [3.63, 3.8) is 0 Å². The first-order valence-corrected chi connectivity index (χ1v) is 9.23. The van der Waals surface area contributed by atoms with Gasteiger partial charge in [0.05, 0.1) is 0 Å². The van der Waals surface area contributed by atoms with Gasteiger partial charge >= 0.3 is 23.9 Å². The highest BCUT2D eigenvalue weighted by atomic mass is 35.5. The summed E-state index contributed by atoms with van der Waals surface area (Å²) in [5, 5.41) is -0.381. The highest BCUT2D eigenvalue weighted by Crippen LogP contribution is 2.31. The second-order valence-corrected chi connectivity index (χ2v) is 7.01. The van der Waals surface area contributed by atoms with Gasteiger partial charge in [0.15, 0.2) is 16.7 Å². The molecular formula is C16H19Cl3O10. The van der Waals surface area contributed by atoms with Crippen LogP contribution in [-0.2, 0) is 47.6 Å². The molecule has 0 aromatic rings. The van der Waals surface area contributed by atoms with E-state index < -0.39 is 61.2 Å². The predicted octanol–water partition coefficient (Wildman–Crippen LogP) is 1.93. The summed E-state index contributed by atoms with van der Waals surface area (Å²) >= 11 is 16.7. The molecule has 13 heteroatoms. The van der Waals surface area contributed by atoms with Gasteiger partial charge < -0.3 is 28.4 Å². The maximum absolute atomic E-state index is 11.6. The van der Waals surface area contributed by atoms with Crippen LogP contribution >= 0.6 is 34.8 Å². The molecule has 0 aromatic heterocycles. The summed E-state index contributed by atoms with van der Waals surface area (Å²) in [6.07, 6.45) is -6.81. The predicted molar refractivity (Wildman–Crippen MR) is 97.6 cm³/mol. The van der Waals surface area contributed by atoms with E-state index in [-0.39, 0.29) is 9.71 Å². The molecule has 0 bridgehead atoms. The van der Waals surface area contributed by atoms with E-state index in [1.165, 1.54) is 0 Å². The topological polar surface area (TPSA) is 124 Å². The van der Waals surface area contributed by atoms with Gasteiger partial charge in [-0.15, -0.1) is 0 Å². The molecule has 0 N–H and O–H groups in total. The van der Waals surface area contributed by atoms with Crippen LogP contribution in [0.2, 0.25) is 0 Å². The molecule has 1 aliphatic heterocycles. The zero-order chi connectivity index (χ0) is 22.3. The van der Waals surface area contributed by atoms with Crippen molar-refractivity contribution >= 4 is 58.7 Å². The molecule has 0 aromatic carbocycles. The van der Waals surface area contributed by atoms with Gasteiger partial charge in [-0.1, -0.05) is 23.2 Å². The molecule has 0 unspecified atom stereocenters. The van der Waals surface area contributed by atoms with Crippen LogP contribution in [0.1, 0.15) is 27.7 Å². The number of ether oxygens (including phenoxy) is 6. The summed E-state index contributed by atoms with van der Waals surface area (Å²) in [5.41, 5.74) is 0. The Bertz CT molecular complexity index is 676. The third kappa shape index (κ3) is 8.25. The molecule has 1 fully saturated rings. The highest BCUT2D eigenvalue weighted by molar-refractivity contribution is 6.59. The molecule has 29 heavy (non-hydrogen) atoms. The van der Waals surface area contributed by atoms with Crippen molar-refractivity contribution in [1.29, 1.82) is 0 Å². The van der Waals surface area contributed by atoms with Crippen LogP contribution in [0.15, 0.2) is 9.71 Å². The molecule has 0 amide bonds. The molecule has 0 aliphatic carbocycles. The first-order chi connectivity index (χ1) is 13.4. The molecule has 10 nitrogen and oxygen atoms in total. The molecule has 1 aliphatic rings. The van der Waals surface area contributed by atoms with E-state index in [1.54, 1.807) is 0 Å². The van der Waals surface area contributed by atoms with Crippen LogP contribution in [0.4, 0.5) is 0 Å². The molecule has 5 atom stereocenters. The zero-order valence-corrected chi connectivity index (χ0v) is 18.1. The van der Waals surface area contributed by atoms with Crippen LogP contribution in [0.25, 0.3) is 0 Å². The second kappa shape index (κ2) is 11.4. The zero-order valence-electron chi connectivity index (χ0n) is 15.8. The fourth-order valence-electron chi connectivity index (χ4n) is 2.46. The quantitative estimate of drug-likeness (QED) is 0.305. The molecular weight excluding hydrogens is 459 g/mol. The Morgan fingerprint density at radius 2 is 1.17 bits per heavy atom. The lowest BCUT2D eigenvalue weighted by Crippen LogP contribution is -2.63. The third-order valence-electron chi connectivity index (χ3n) is 3.30. The maximum Gasteiger partial charge on any atom is 0.305 e. The number of carbonyl (C=O) groups is 4. The molecule has 1 saturated heterocycles. The summed E-state index contributed by atoms with van der Waals surface area (Å²) in [7, 11) is 0. The Morgan fingerprint density at radius 3 is 1.62 bits per heavy atom. The Morgan fingerprint density at radius 1 is 0.724 bits per heavy atom. The van der Waals surface area contributed by atoms with Gasteiger partial charge in [-0.2, -0.15) is 0 Å². The Kier molecular flexibility index (Phi) is 9.97. The van der Waals surface area contributed by atoms with Gasteiger partial charge in [0.25, 0.3) is 0 Å². The first-order valence-electron chi connectivity index (χ1n) is 8.10. The lowest BCUT2D eigenvalue weighted by Gasteiger charge is -2.43. The monoisotopic (exact) mass is 476 g/mol. The SMILES string of the molecule is CC(=O)O[C@H]1O[C@H](COC(Cl)=C(Cl)Cl)[C@H](OC(C)=O)[C@H](OC(C)=O)[C@H]1OC(C)=O. The maximum atomic E-state index is 11.6. The van der Waals surface area contributed by atoms with E-state index >= 15 is 0 Å². The van der Waals surface area contributed by atoms with E-state index in [1.807, 2.05) is 0 Å². The number of hydrogen-bond acceptors (Lipinski definition) is 10. The van der Waals surface area contributed by atoms with Crippen LogP contribution in [-0.4, -0.2) is 61.2 Å². The molecule has 0 saturated carbocycles. The van der Waals surface area contributed by atoms with E-state index in [2.05, 4.69) is 0 Å². The normalized spacial score (nSPS) is 26.0. The van der Waals surface area contributed by atoms with Crippen molar-refractivity contribution in [2.75, 3.05) is 6.61 Å². The summed E-state index contributed by atoms with van der Waals surface area (Å²) in [4.78, 5) is 46.2. The lowest BCUT2D eigenvalue weighted by molar-refractivity contribution is -0.299. The summed E-state index contributed by atoms with van der Waals surface area (Å²) in [6.45, 7) is 3.96. The van der Waals surface area contributed by atoms with Gasteiger partial charge in [0.2, 0.25) is 17.6 Å². The number of halogens is 3. The van der Waals surface area contributed by atoms with E-state index in [0.717, 1.165) is 27.7 Å². The van der Waals surface area contributed by atoms with Crippen molar-refractivity contribution < 1.29 is 47.6 Å². The molecule has 1 heterocycles. The summed E-state index contributed by atoms with van der Waals surface area (Å²) < 4.78 is 30.9. The van der Waals surface area contributed by atoms with Crippen LogP contribution < -0.4 is 0 Å². The van der Waals surface area contributed by atoms with Crippen LogP contribution in [0.3, 0.4) is 0 Å². The molecule has 164 valence electrons. The fourth-order valence-corrected chi connectivity index (χ4v) is 2.63. The average molecular weight is 478 g/mol. The molecule has 0 radical (unpaired) electrons. The lowest BCUT2D eigenvalue weighted by atomic mass is 9.98. The van der Waals surface area contributed by atoms with Gasteiger partial charge in [-0.3, -0.25) is 19.2 Å². The molecule has 0 spiro atoms. The number of rotatable bonds is 7. The van der Waals surface area contributed by atoms with Crippen molar-refractivity contribution in [2.45, 2.75) is 58.4 Å². The smallest absolute Gasteiger partial charge is 0.305 e. The second-order valence-electron chi connectivity index (χ2n) is 5.72. The fraction of sp³-hybridized carbons (Fsp3) is 0.625. The number of hydrogen-bond donors (Lipinski definition) is 0. The minimum Gasteiger partial charge on any atom is -0.478 e. The van der Waals surface area contributed by atoms with Gasteiger partial charge in [-0.25, -0.2) is 0 Å². The van der Waals surface area contributed by atoms with Crippen molar-refractivity contribution in [1.82, 2.24) is 0 Å². The largest absolute Gasteiger partial charge is 0.478 e. The highest BCUT2D eigenvalue weighted by Gasteiger charge is 2.53. The third-order valence-corrected chi connectivity index (χ3v) is 4.14. The van der Waals surface area contributed by atoms with E-state index in [0.29, 0.717) is 0 Å². The Hall–Kier alpha value is -1.75. The average Bonchev–Trinajstić information content (AvgIpc) is 2.56. The van der Waals surface area contributed by atoms with Gasteiger partial charge in [0.1, 0.15) is 12.7 Å². The van der Waals surface area contributed by atoms with Crippen molar-refractivity contribution in [3.8, 4) is 0 Å². The molecule has 1 rings (SSSR count). The standard InChI is InChI=1S/C16H19Cl3O10/c1-6(20)25-11-10(5-24-15(19)14(17)18)29-16(28-9(4)23)13(27-8(3)22)12(11)26-7(2)21/h10-13,16H,5H2,1-4H3/t10-,11+,12+,13-,16+/m1/s1. The summed E-state index contributed by atoms with van der Waals surface area (Å²) in [6, 6.07) is 0. The number of carbonyl (C=O) groups excluding carboxylic acids is 4. The number of esters is 4. The van der Waals surface area contributed by atoms with Gasteiger partial charge in [0, 0.05) is 27.7 Å². The Labute approximate surface area is 181 Å². The minimum absolute atomic E-state index is 0.377. The van der Waals surface area contributed by atoms with Crippen molar-refractivity contribution in [3.05, 3.63) is 9.71 Å². The first kappa shape index (κ1) is 25.3. The van der Waals surface area contributed by atoms with Crippen molar-refractivity contribution in [2.24, 2.45) is 0 Å². The van der Waals surface area contributed by atoms with Crippen LogP contribution in [0, 0.1) is 0 Å². The van der Waals surface area contributed by atoms with Crippen LogP contribution in [0.5, 0.6) is 0 Å².